The number of hydrogen-bond donors (Lipinski definition) is 8. The van der Waals surface area contributed by atoms with Crippen molar-refractivity contribution in [1.29, 1.82) is 0 Å². The molecule has 16 nitrogen and oxygen atoms in total. The van der Waals surface area contributed by atoms with Gasteiger partial charge in [0.15, 0.2) is 5.96 Å². The summed E-state index contributed by atoms with van der Waals surface area (Å²) in [5, 5.41) is 16.7. The Morgan fingerprint density at radius 3 is 2.17 bits per heavy atom. The molecule has 6 amide bonds. The summed E-state index contributed by atoms with van der Waals surface area (Å²) in [6, 6.07) is 2.62. The van der Waals surface area contributed by atoms with Gasteiger partial charge in [-0.15, -0.1) is 0 Å². The number of urea groups is 1. The summed E-state index contributed by atoms with van der Waals surface area (Å²) >= 11 is 0. The highest BCUT2D eigenvalue weighted by atomic mass is 16.4. The summed E-state index contributed by atoms with van der Waals surface area (Å²) in [5.41, 5.74) is 15.6. The molecule has 1 aromatic rings. The maximum absolute atomic E-state index is 13.8. The van der Waals surface area contributed by atoms with Gasteiger partial charge in [0.1, 0.15) is 24.2 Å². The molecular weight excluding hydrogens is 550 g/mol. The van der Waals surface area contributed by atoms with Crippen LogP contribution in [-0.2, 0) is 30.4 Å². The van der Waals surface area contributed by atoms with E-state index in [1.807, 2.05) is 0 Å². The van der Waals surface area contributed by atoms with Crippen LogP contribution in [0.3, 0.4) is 0 Å². The topological polar surface area (TPSA) is 250 Å². The monoisotopic (exact) mass is 589 g/mol. The molecule has 1 aliphatic rings. The van der Waals surface area contributed by atoms with E-state index in [1.165, 1.54) is 11.9 Å². The molecule has 1 aliphatic heterocycles. The number of likely N-dealkylation sites (N-methyl/N-ethyl adjacent to an activating group) is 1. The molecule has 230 valence electrons. The molecule has 42 heavy (non-hydrogen) atoms. The van der Waals surface area contributed by atoms with Gasteiger partial charge in [-0.2, -0.15) is 0 Å². The largest absolute Gasteiger partial charge is 0.481 e. The van der Waals surface area contributed by atoms with Crippen LogP contribution in [0.2, 0.25) is 0 Å². The smallest absolute Gasteiger partial charge is 0.334 e. The number of benzene rings is 1. The lowest BCUT2D eigenvalue weighted by Crippen LogP contribution is -2.59. The number of carboxylic acids is 1. The number of nitrogens with one attached hydrogen (secondary N) is 5. The molecule has 0 saturated carbocycles. The molecule has 0 bridgehead atoms. The second-order valence-corrected chi connectivity index (χ2v) is 10.1. The first-order valence-electron chi connectivity index (χ1n) is 13.3. The number of rotatable bonds is 9. The van der Waals surface area contributed by atoms with Crippen molar-refractivity contribution >= 4 is 41.6 Å². The Balaban J connectivity index is 2.50. The molecule has 4 atom stereocenters. The van der Waals surface area contributed by atoms with Crippen LogP contribution in [0.25, 0.3) is 0 Å². The molecule has 0 aliphatic carbocycles. The molecule has 0 aromatic heterocycles. The Bertz CT molecular complexity index is 1170. The molecule has 3 unspecified atom stereocenters. The molecule has 0 spiro atoms. The van der Waals surface area contributed by atoms with Crippen molar-refractivity contribution in [3.63, 3.8) is 0 Å². The van der Waals surface area contributed by atoms with E-state index in [1.54, 1.807) is 44.2 Å². The van der Waals surface area contributed by atoms with Crippen molar-refractivity contribution in [3.05, 3.63) is 35.9 Å². The van der Waals surface area contributed by atoms with Gasteiger partial charge in [0.05, 0.1) is 6.42 Å². The maximum atomic E-state index is 13.8. The van der Waals surface area contributed by atoms with Crippen molar-refractivity contribution in [1.82, 2.24) is 31.7 Å². The molecule has 1 heterocycles. The minimum Gasteiger partial charge on any atom is -0.481 e. The first kappa shape index (κ1) is 33.3. The lowest BCUT2D eigenvalue weighted by molar-refractivity contribution is -0.144. The van der Waals surface area contributed by atoms with Crippen molar-refractivity contribution < 1.29 is 33.9 Å². The number of carbonyl (C=O) groups excluding carboxylic acids is 5. The predicted octanol–water partition coefficient (Wildman–Crippen LogP) is -2.08. The van der Waals surface area contributed by atoms with Crippen LogP contribution in [0.5, 0.6) is 0 Å². The van der Waals surface area contributed by atoms with Crippen molar-refractivity contribution in [2.75, 3.05) is 13.6 Å². The Kier molecular flexibility index (Phi) is 12.5. The zero-order chi connectivity index (χ0) is 31.4. The lowest BCUT2D eigenvalue weighted by atomic mass is 9.98. The van der Waals surface area contributed by atoms with E-state index in [0.717, 1.165) is 0 Å². The SMILES string of the molecule is CC(C)C1C(=O)NC(CCCN=C(N)N)C(=O)NNC(=O)NC(CC(=O)O)C(=O)N[C@H](Cc2ccccc2)C(=O)N1C. The summed E-state index contributed by atoms with van der Waals surface area (Å²) < 4.78 is 0. The summed E-state index contributed by atoms with van der Waals surface area (Å²) in [5.74, 6) is -4.99. The van der Waals surface area contributed by atoms with Crippen molar-refractivity contribution in [2.45, 2.75) is 63.7 Å². The number of aliphatic carboxylic acids is 1. The van der Waals surface area contributed by atoms with E-state index < -0.39 is 72.1 Å². The minimum atomic E-state index is -1.60. The van der Waals surface area contributed by atoms with E-state index in [0.29, 0.717) is 5.56 Å². The van der Waals surface area contributed by atoms with Crippen LogP contribution in [0.15, 0.2) is 35.3 Å². The standard InChI is InChI=1S/C26H39N9O7/c1-14(2)20-23(40)30-16(10-7-11-29-25(27)28)22(39)33-34-26(42)32-17(13-19(36)37)21(38)31-18(24(41)35(20)3)12-15-8-5-4-6-9-15/h4-6,8-9,14,16-18,20H,7,10-13H2,1-3H3,(H,30,40)(H,31,38)(H,33,39)(H,36,37)(H4,27,28,29)(H2,32,34,42)/t16?,17?,18-,20?/m1/s1. The normalized spacial score (nSPS) is 22.5. The molecule has 1 saturated heterocycles. The van der Waals surface area contributed by atoms with Crippen molar-refractivity contribution in [3.8, 4) is 0 Å². The molecule has 2 rings (SSSR count). The fourth-order valence-electron chi connectivity index (χ4n) is 4.44. The Morgan fingerprint density at radius 1 is 0.929 bits per heavy atom. The number of guanidine groups is 1. The zero-order valence-corrected chi connectivity index (χ0v) is 23.8. The fraction of sp³-hybridized carbons (Fsp3) is 0.500. The number of carbonyl (C=O) groups is 6. The quantitative estimate of drug-likeness (QED) is 0.0893. The summed E-state index contributed by atoms with van der Waals surface area (Å²) in [7, 11) is 1.40. The van der Waals surface area contributed by atoms with Crippen LogP contribution < -0.4 is 38.3 Å². The van der Waals surface area contributed by atoms with Gasteiger partial charge >= 0.3 is 12.0 Å². The third-order valence-electron chi connectivity index (χ3n) is 6.44. The van der Waals surface area contributed by atoms with Gasteiger partial charge in [0.25, 0.3) is 5.91 Å². The van der Waals surface area contributed by atoms with E-state index in [2.05, 4.69) is 31.8 Å². The Hall–Kier alpha value is -4.89. The van der Waals surface area contributed by atoms with Crippen LogP contribution in [0.4, 0.5) is 4.79 Å². The number of nitrogens with two attached hydrogens (primary N) is 2. The highest BCUT2D eigenvalue weighted by Gasteiger charge is 2.37. The number of aliphatic imine (C=N–C) groups is 1. The predicted molar refractivity (Wildman–Crippen MR) is 151 cm³/mol. The Labute approximate surface area is 243 Å². The first-order chi connectivity index (χ1) is 19.8. The average Bonchev–Trinajstić information content (AvgIpc) is 2.91. The van der Waals surface area contributed by atoms with Gasteiger partial charge < -0.3 is 37.4 Å². The van der Waals surface area contributed by atoms with Gasteiger partial charge in [-0.1, -0.05) is 44.2 Å². The molecule has 1 aromatic carbocycles. The van der Waals surface area contributed by atoms with Gasteiger partial charge in [-0.25, -0.2) is 10.2 Å². The molecule has 16 heteroatoms. The van der Waals surface area contributed by atoms with Crippen LogP contribution in [0, 0.1) is 5.92 Å². The minimum absolute atomic E-state index is 0.0155. The zero-order valence-electron chi connectivity index (χ0n) is 23.8. The molecule has 1 fully saturated rings. The molecule has 10 N–H and O–H groups in total. The second kappa shape index (κ2) is 15.8. The molecule has 0 radical (unpaired) electrons. The number of hydrogen-bond acceptors (Lipinski definition) is 7. The van der Waals surface area contributed by atoms with Crippen LogP contribution in [0.1, 0.15) is 38.7 Å². The van der Waals surface area contributed by atoms with Crippen molar-refractivity contribution in [2.24, 2.45) is 22.4 Å². The van der Waals surface area contributed by atoms with E-state index >= 15 is 0 Å². The second-order valence-electron chi connectivity index (χ2n) is 10.1. The number of hydrazine groups is 1. The Morgan fingerprint density at radius 2 is 1.57 bits per heavy atom. The van der Waals surface area contributed by atoms with E-state index in [-0.39, 0.29) is 31.8 Å². The number of amides is 6. The van der Waals surface area contributed by atoms with Gasteiger partial charge in [-0.05, 0) is 24.3 Å². The average molecular weight is 590 g/mol. The van der Waals surface area contributed by atoms with Gasteiger partial charge in [-0.3, -0.25) is 34.4 Å². The summed E-state index contributed by atoms with van der Waals surface area (Å²) in [4.78, 5) is 82.5. The molecular formula is C26H39N9O7. The van der Waals surface area contributed by atoms with Gasteiger partial charge in [0, 0.05) is 20.0 Å². The number of nitrogens with zero attached hydrogens (tertiary/aromatic N) is 2. The van der Waals surface area contributed by atoms with E-state index in [4.69, 9.17) is 11.5 Å². The third-order valence-corrected chi connectivity index (χ3v) is 6.44. The highest BCUT2D eigenvalue weighted by Crippen LogP contribution is 2.15. The van der Waals surface area contributed by atoms with E-state index in [9.17, 15) is 33.9 Å². The third kappa shape index (κ3) is 10.3. The van der Waals surface area contributed by atoms with Gasteiger partial charge in [0.2, 0.25) is 17.7 Å². The summed E-state index contributed by atoms with van der Waals surface area (Å²) in [6.07, 6.45) is -0.445. The summed E-state index contributed by atoms with van der Waals surface area (Å²) in [6.45, 7) is 3.59. The maximum Gasteiger partial charge on any atom is 0.334 e. The first-order valence-corrected chi connectivity index (χ1v) is 13.3. The fourth-order valence-corrected chi connectivity index (χ4v) is 4.44. The lowest BCUT2D eigenvalue weighted by Gasteiger charge is -2.34. The van der Waals surface area contributed by atoms with Crippen LogP contribution >= 0.6 is 0 Å². The highest BCUT2D eigenvalue weighted by molar-refractivity contribution is 5.97. The number of carboxylic acid groups (broad SMARTS) is 1. The van der Waals surface area contributed by atoms with Crippen LogP contribution in [-0.4, -0.2) is 89.4 Å².